The van der Waals surface area contributed by atoms with Gasteiger partial charge in [0.05, 0.1) is 0 Å². The summed E-state index contributed by atoms with van der Waals surface area (Å²) in [6.07, 6.45) is 1.69. The zero-order valence-electron chi connectivity index (χ0n) is 9.52. The van der Waals surface area contributed by atoms with Crippen LogP contribution >= 0.6 is 15.9 Å². The van der Waals surface area contributed by atoms with Gasteiger partial charge in [0.15, 0.2) is 0 Å². The lowest BCUT2D eigenvalue weighted by molar-refractivity contribution is -0.139. The number of hydrogen-bond donors (Lipinski definition) is 3. The highest BCUT2D eigenvalue weighted by Crippen LogP contribution is 2.33. The van der Waals surface area contributed by atoms with Crippen LogP contribution < -0.4 is 11.1 Å². The van der Waals surface area contributed by atoms with Gasteiger partial charge < -0.3 is 16.2 Å². The molecule has 0 saturated heterocycles. The summed E-state index contributed by atoms with van der Waals surface area (Å²) in [6, 6.07) is 3.99. The topological polar surface area (TPSA) is 92.4 Å². The summed E-state index contributed by atoms with van der Waals surface area (Å²) in [4.78, 5) is 23.0. The van der Waals surface area contributed by atoms with E-state index in [1.807, 2.05) is 0 Å². The summed E-state index contributed by atoms with van der Waals surface area (Å²) in [5.41, 5.74) is 6.44. The van der Waals surface area contributed by atoms with Gasteiger partial charge in [0.25, 0.3) is 5.91 Å². The summed E-state index contributed by atoms with van der Waals surface area (Å²) < 4.78 is 0.686. The number of hydrogen-bond acceptors (Lipinski definition) is 3. The average molecular weight is 313 g/mol. The summed E-state index contributed by atoms with van der Waals surface area (Å²) in [5, 5.41) is 11.6. The first-order chi connectivity index (χ1) is 8.47. The molecule has 5 nitrogen and oxygen atoms in total. The minimum Gasteiger partial charge on any atom is -0.480 e. The average Bonchev–Trinajstić information content (AvgIpc) is 3.07. The molecule has 1 aliphatic rings. The van der Waals surface area contributed by atoms with Gasteiger partial charge in [0.1, 0.15) is 6.04 Å². The number of nitrogens with two attached hydrogens (primary N) is 1. The van der Waals surface area contributed by atoms with Crippen molar-refractivity contribution < 1.29 is 14.7 Å². The van der Waals surface area contributed by atoms with E-state index >= 15 is 0 Å². The van der Waals surface area contributed by atoms with E-state index in [9.17, 15) is 9.59 Å². The lowest BCUT2D eigenvalue weighted by Crippen LogP contribution is -2.42. The number of nitrogen functional groups attached to an aromatic ring is 1. The fourth-order valence-corrected chi connectivity index (χ4v) is 2.29. The van der Waals surface area contributed by atoms with Crippen LogP contribution in [0.5, 0.6) is 0 Å². The molecule has 1 atom stereocenters. The molecule has 1 aromatic rings. The highest BCUT2D eigenvalue weighted by Gasteiger charge is 2.37. The van der Waals surface area contributed by atoms with Gasteiger partial charge in [-0.1, -0.05) is 15.9 Å². The van der Waals surface area contributed by atoms with Crippen LogP contribution in [0.1, 0.15) is 23.2 Å². The number of carboxylic acid groups (broad SMARTS) is 1. The van der Waals surface area contributed by atoms with E-state index in [1.165, 1.54) is 6.07 Å². The van der Waals surface area contributed by atoms with Crippen molar-refractivity contribution in [1.82, 2.24) is 5.32 Å². The zero-order valence-corrected chi connectivity index (χ0v) is 11.1. The number of nitrogens with one attached hydrogen (secondary N) is 1. The fraction of sp³-hybridized carbons (Fsp3) is 0.333. The van der Waals surface area contributed by atoms with Crippen LogP contribution in [0, 0.1) is 5.92 Å². The molecule has 96 valence electrons. The number of amides is 1. The molecule has 0 spiro atoms. The van der Waals surface area contributed by atoms with Crippen LogP contribution in [0.3, 0.4) is 0 Å². The van der Waals surface area contributed by atoms with Gasteiger partial charge >= 0.3 is 5.97 Å². The lowest BCUT2D eigenvalue weighted by Gasteiger charge is -2.13. The Balaban J connectivity index is 2.13. The highest BCUT2D eigenvalue weighted by atomic mass is 79.9. The molecule has 1 aliphatic carbocycles. The Labute approximate surface area is 112 Å². The van der Waals surface area contributed by atoms with Gasteiger partial charge in [-0.2, -0.15) is 0 Å². The maximum Gasteiger partial charge on any atom is 0.326 e. The molecule has 2 rings (SSSR count). The molecule has 0 bridgehead atoms. The Morgan fingerprint density at radius 3 is 2.56 bits per heavy atom. The van der Waals surface area contributed by atoms with Crippen molar-refractivity contribution in [1.29, 1.82) is 0 Å². The second-order valence-corrected chi connectivity index (χ2v) is 5.32. The molecular weight excluding hydrogens is 300 g/mol. The molecule has 1 fully saturated rings. The largest absolute Gasteiger partial charge is 0.480 e. The van der Waals surface area contributed by atoms with Crippen molar-refractivity contribution in [3.63, 3.8) is 0 Å². The molecule has 1 aromatic carbocycles. The van der Waals surface area contributed by atoms with E-state index in [0.29, 0.717) is 15.7 Å². The third kappa shape index (κ3) is 3.01. The molecule has 4 N–H and O–H groups in total. The third-order valence-corrected chi connectivity index (χ3v) is 3.29. The van der Waals surface area contributed by atoms with Crippen molar-refractivity contribution in [2.75, 3.05) is 5.73 Å². The van der Waals surface area contributed by atoms with Crippen LogP contribution in [0.25, 0.3) is 0 Å². The maximum absolute atomic E-state index is 11.9. The van der Waals surface area contributed by atoms with Crippen molar-refractivity contribution in [2.45, 2.75) is 18.9 Å². The van der Waals surface area contributed by atoms with Crippen molar-refractivity contribution in [3.05, 3.63) is 28.2 Å². The van der Waals surface area contributed by atoms with Gasteiger partial charge in [-0.15, -0.1) is 0 Å². The Morgan fingerprint density at radius 1 is 1.39 bits per heavy atom. The highest BCUT2D eigenvalue weighted by molar-refractivity contribution is 9.10. The van der Waals surface area contributed by atoms with Crippen LogP contribution in [0.4, 0.5) is 5.69 Å². The molecule has 0 heterocycles. The van der Waals surface area contributed by atoms with Gasteiger partial charge in [-0.3, -0.25) is 4.79 Å². The SMILES string of the molecule is Nc1cc(Br)cc(C(=O)NC(C(=O)O)C2CC2)c1. The zero-order chi connectivity index (χ0) is 13.3. The number of rotatable bonds is 4. The predicted molar refractivity (Wildman–Crippen MR) is 70.2 cm³/mol. The first-order valence-corrected chi connectivity index (χ1v) is 6.36. The minimum absolute atomic E-state index is 0.0518. The second kappa shape index (κ2) is 4.97. The number of carboxylic acids is 1. The van der Waals surface area contributed by atoms with Gasteiger partial charge in [0, 0.05) is 15.7 Å². The summed E-state index contributed by atoms with van der Waals surface area (Å²) in [5.74, 6) is -1.35. The number of carbonyl (C=O) groups is 2. The van der Waals surface area contributed by atoms with Crippen LogP contribution in [0.2, 0.25) is 0 Å². The predicted octanol–water partition coefficient (Wildman–Crippen LogP) is 1.62. The van der Waals surface area contributed by atoms with Gasteiger partial charge in [0.2, 0.25) is 0 Å². The number of carbonyl (C=O) groups excluding carboxylic acids is 1. The molecule has 0 radical (unpaired) electrons. The second-order valence-electron chi connectivity index (χ2n) is 4.40. The Hall–Kier alpha value is -1.56. The van der Waals surface area contributed by atoms with E-state index in [4.69, 9.17) is 10.8 Å². The molecule has 6 heteroatoms. The van der Waals surface area contributed by atoms with Gasteiger partial charge in [-0.25, -0.2) is 4.79 Å². The molecule has 1 amide bonds. The van der Waals surface area contributed by atoms with Gasteiger partial charge in [-0.05, 0) is 37.0 Å². The number of aliphatic carboxylic acids is 1. The van der Waals surface area contributed by atoms with Crippen LogP contribution in [-0.2, 0) is 4.79 Å². The molecule has 0 aromatic heterocycles. The third-order valence-electron chi connectivity index (χ3n) is 2.83. The summed E-state index contributed by atoms with van der Waals surface area (Å²) in [6.45, 7) is 0. The monoisotopic (exact) mass is 312 g/mol. The normalized spacial score (nSPS) is 16.1. The number of halogens is 1. The smallest absolute Gasteiger partial charge is 0.326 e. The van der Waals surface area contributed by atoms with Crippen molar-refractivity contribution in [3.8, 4) is 0 Å². The molecule has 1 unspecified atom stereocenters. The Bertz CT molecular complexity index is 480. The van der Waals surface area contributed by atoms with Crippen LogP contribution in [-0.4, -0.2) is 23.0 Å². The van der Waals surface area contributed by atoms with E-state index in [-0.39, 0.29) is 5.92 Å². The molecule has 18 heavy (non-hydrogen) atoms. The first kappa shape index (κ1) is 12.9. The quantitative estimate of drug-likeness (QED) is 0.737. The van der Waals surface area contributed by atoms with E-state index in [1.54, 1.807) is 12.1 Å². The van der Waals surface area contributed by atoms with Crippen molar-refractivity contribution in [2.24, 2.45) is 5.92 Å². The van der Waals surface area contributed by atoms with Crippen LogP contribution in [0.15, 0.2) is 22.7 Å². The Morgan fingerprint density at radius 2 is 2.06 bits per heavy atom. The standard InChI is InChI=1S/C12H13BrN2O3/c13-8-3-7(4-9(14)5-8)11(16)15-10(12(17)18)6-1-2-6/h3-6,10H,1-2,14H2,(H,15,16)(H,17,18). The summed E-state index contributed by atoms with van der Waals surface area (Å²) in [7, 11) is 0. The van der Waals surface area contributed by atoms with Crippen molar-refractivity contribution >= 4 is 33.5 Å². The minimum atomic E-state index is -0.992. The van der Waals surface area contributed by atoms with E-state index < -0.39 is 17.9 Å². The number of anilines is 1. The lowest BCUT2D eigenvalue weighted by atomic mass is 10.1. The molecule has 1 saturated carbocycles. The van der Waals surface area contributed by atoms with E-state index in [2.05, 4.69) is 21.2 Å². The number of benzene rings is 1. The molecule has 0 aliphatic heterocycles. The fourth-order valence-electron chi connectivity index (χ4n) is 1.78. The molecular formula is C12H13BrN2O3. The summed E-state index contributed by atoms with van der Waals surface area (Å²) >= 11 is 3.24. The first-order valence-electron chi connectivity index (χ1n) is 5.57. The maximum atomic E-state index is 11.9. The Kier molecular flexibility index (Phi) is 3.56. The van der Waals surface area contributed by atoms with E-state index in [0.717, 1.165) is 12.8 Å².